The van der Waals surface area contributed by atoms with E-state index in [-0.39, 0.29) is 12.2 Å². The third kappa shape index (κ3) is 4.22. The minimum Gasteiger partial charge on any atom is -0.354 e. The topological polar surface area (TPSA) is 80.0 Å². The van der Waals surface area contributed by atoms with Gasteiger partial charge in [-0.1, -0.05) is 0 Å². The summed E-state index contributed by atoms with van der Waals surface area (Å²) >= 11 is 0. The number of hydrogen-bond acceptors (Lipinski definition) is 7. The molecule has 0 amide bonds. The van der Waals surface area contributed by atoms with E-state index in [4.69, 9.17) is 8.22 Å². The zero-order chi connectivity index (χ0) is 27.1. The highest BCUT2D eigenvalue weighted by Gasteiger charge is 2.17. The Balaban J connectivity index is 1.31. The van der Waals surface area contributed by atoms with Crippen LogP contribution in [0.5, 0.6) is 0 Å². The molecule has 0 saturated carbocycles. The molecule has 1 fully saturated rings. The molecule has 162 valence electrons. The van der Waals surface area contributed by atoms with E-state index in [2.05, 4.69) is 20.1 Å². The Hall–Kier alpha value is -3.65. The second kappa shape index (κ2) is 8.47. The summed E-state index contributed by atoms with van der Waals surface area (Å²) in [7, 11) is 0. The van der Waals surface area contributed by atoms with E-state index in [1.165, 1.54) is 17.3 Å². The number of fused-ring (bicyclic) bond motifs is 1. The van der Waals surface area contributed by atoms with E-state index in [0.717, 1.165) is 10.1 Å². The smallest absolute Gasteiger partial charge is 0.169 e. The Morgan fingerprint density at radius 2 is 1.91 bits per heavy atom. The first-order valence-corrected chi connectivity index (χ1v) is 10.3. The number of piperazine rings is 1. The van der Waals surface area contributed by atoms with E-state index < -0.39 is 14.0 Å². The lowest BCUT2D eigenvalue weighted by molar-refractivity contribution is 0.0992. The van der Waals surface area contributed by atoms with Gasteiger partial charge >= 0.3 is 0 Å². The summed E-state index contributed by atoms with van der Waals surface area (Å²) in [6.45, 7) is -2.67. The van der Waals surface area contributed by atoms with Crippen molar-refractivity contribution in [2.45, 2.75) is 6.42 Å². The first kappa shape index (κ1) is 14.4. The summed E-state index contributed by atoms with van der Waals surface area (Å²) < 4.78 is 46.1. The Morgan fingerprint density at radius 3 is 2.72 bits per heavy atom. The Labute approximate surface area is 195 Å². The van der Waals surface area contributed by atoms with Crippen molar-refractivity contribution in [3.8, 4) is 11.1 Å². The number of aromatic nitrogens is 5. The minimum absolute atomic E-state index is 0.0768. The lowest BCUT2D eigenvalue weighted by atomic mass is 10.0. The molecule has 32 heavy (non-hydrogen) atoms. The maximum absolute atomic E-state index is 13.1. The number of nitrogens with zero attached hydrogens (tertiary/aromatic N) is 7. The summed E-state index contributed by atoms with van der Waals surface area (Å²) in [5.74, 6) is 0.517. The van der Waals surface area contributed by atoms with Crippen molar-refractivity contribution in [1.29, 1.82) is 0 Å². The molecule has 1 saturated heterocycles. The average molecular weight is 434 g/mol. The van der Waals surface area contributed by atoms with Crippen LogP contribution in [0.25, 0.3) is 22.0 Å². The molecule has 0 N–H and O–H groups in total. The molecule has 5 heterocycles. The summed E-state index contributed by atoms with van der Waals surface area (Å²) in [5, 5.41) is 4.69. The Bertz CT molecular complexity index is 1480. The van der Waals surface area contributed by atoms with Crippen LogP contribution in [-0.2, 0) is 13.4 Å². The average Bonchev–Trinajstić information content (AvgIpc) is 3.39. The molecule has 0 aliphatic carbocycles. The maximum Gasteiger partial charge on any atom is 0.169 e. The van der Waals surface area contributed by atoms with Gasteiger partial charge in [0.05, 0.1) is 24.3 Å². The predicted molar refractivity (Wildman–Crippen MR) is 124 cm³/mol. The van der Waals surface area contributed by atoms with Gasteiger partial charge in [0, 0.05) is 87.7 Å². The van der Waals surface area contributed by atoms with E-state index in [9.17, 15) is 4.79 Å². The second-order valence-corrected chi connectivity index (χ2v) is 7.74. The van der Waals surface area contributed by atoms with Gasteiger partial charge in [-0.05, 0) is 31.2 Å². The number of carbonyl (C=O) groups excluding carboxylic acids is 1. The van der Waals surface area contributed by atoms with Crippen molar-refractivity contribution in [2.24, 2.45) is 6.98 Å². The SMILES string of the molecule is [2H]C([2H])([2H])N1CCN(c2cc(C(=O)Cc3cc4cc(-c5cnn(C([2H])([2H])[2H])c5)cnc4cn3)ccn2)CC1. The number of aryl methyl sites for hydroxylation is 1. The lowest BCUT2D eigenvalue weighted by Crippen LogP contribution is -2.44. The van der Waals surface area contributed by atoms with Gasteiger partial charge in [-0.25, -0.2) is 4.98 Å². The van der Waals surface area contributed by atoms with Crippen LogP contribution in [0.4, 0.5) is 5.82 Å². The van der Waals surface area contributed by atoms with Gasteiger partial charge < -0.3 is 9.80 Å². The van der Waals surface area contributed by atoms with Crippen LogP contribution >= 0.6 is 0 Å². The number of pyridine rings is 3. The van der Waals surface area contributed by atoms with Crippen molar-refractivity contribution in [2.75, 3.05) is 38.1 Å². The highest BCUT2D eigenvalue weighted by atomic mass is 16.1. The Morgan fingerprint density at radius 1 is 1.00 bits per heavy atom. The summed E-state index contributed by atoms with van der Waals surface area (Å²) in [6, 6.07) is 7.06. The summed E-state index contributed by atoms with van der Waals surface area (Å²) in [4.78, 5) is 29.7. The van der Waals surface area contributed by atoms with Gasteiger partial charge in [-0.15, -0.1) is 0 Å². The third-order valence-corrected chi connectivity index (χ3v) is 5.55. The van der Waals surface area contributed by atoms with Crippen LogP contribution in [0, 0.1) is 0 Å². The van der Waals surface area contributed by atoms with Crippen molar-refractivity contribution < 1.29 is 13.0 Å². The summed E-state index contributed by atoms with van der Waals surface area (Å²) in [6.07, 6.45) is 7.83. The highest BCUT2D eigenvalue weighted by molar-refractivity contribution is 5.98. The van der Waals surface area contributed by atoms with Crippen molar-refractivity contribution in [3.63, 3.8) is 0 Å². The number of rotatable bonds is 5. The largest absolute Gasteiger partial charge is 0.354 e. The van der Waals surface area contributed by atoms with Gasteiger partial charge in [-0.2, -0.15) is 5.10 Å². The van der Waals surface area contributed by atoms with Crippen LogP contribution in [0.3, 0.4) is 0 Å². The maximum atomic E-state index is 13.1. The van der Waals surface area contributed by atoms with Crippen LogP contribution in [0.1, 0.15) is 24.3 Å². The monoisotopic (exact) mass is 433 g/mol. The molecular formula is C24H25N7O. The fourth-order valence-electron chi connectivity index (χ4n) is 3.77. The number of hydrogen-bond donors (Lipinski definition) is 0. The molecule has 5 rings (SSSR count). The van der Waals surface area contributed by atoms with Crippen molar-refractivity contribution in [1.82, 2.24) is 29.6 Å². The third-order valence-electron chi connectivity index (χ3n) is 5.55. The number of anilines is 1. The zero-order valence-electron chi connectivity index (χ0n) is 23.3. The number of likely N-dealkylation sites (N-methyl/N-ethyl adjacent to an activating group) is 1. The Kier molecular flexibility index (Phi) is 3.82. The predicted octanol–water partition coefficient (Wildman–Crippen LogP) is 2.60. The molecular weight excluding hydrogens is 402 g/mol. The fourth-order valence-corrected chi connectivity index (χ4v) is 3.77. The van der Waals surface area contributed by atoms with E-state index >= 15 is 0 Å². The molecule has 0 spiro atoms. The number of Topliss-reactive ketones (excluding diaryl/α,β-unsaturated/α-hetero) is 1. The van der Waals surface area contributed by atoms with E-state index in [1.807, 2.05) is 11.0 Å². The lowest BCUT2D eigenvalue weighted by Gasteiger charge is -2.33. The van der Waals surface area contributed by atoms with Crippen LogP contribution in [0.2, 0.25) is 0 Å². The van der Waals surface area contributed by atoms with E-state index in [1.54, 1.807) is 36.8 Å². The quantitative estimate of drug-likeness (QED) is 0.448. The standard InChI is InChI=1S/C24H25N7O/c1-29-5-7-31(8-6-29)24-11-17(3-4-25-24)23(32)12-21-10-18-9-19(13-27-22(18)15-26-21)20-14-28-30(2)16-20/h3-4,9-11,13-16H,5-8,12H2,1-2H3/i1D3,2D3. The van der Waals surface area contributed by atoms with Crippen molar-refractivity contribution in [3.05, 3.63) is 66.5 Å². The van der Waals surface area contributed by atoms with Gasteiger partial charge in [0.25, 0.3) is 0 Å². The molecule has 0 aromatic carbocycles. The zero-order valence-corrected chi connectivity index (χ0v) is 17.3. The fraction of sp³-hybridized carbons (Fsp3) is 0.292. The van der Waals surface area contributed by atoms with Gasteiger partial charge in [0.15, 0.2) is 5.78 Å². The molecule has 0 unspecified atom stereocenters. The highest BCUT2D eigenvalue weighted by Crippen LogP contribution is 2.23. The van der Waals surface area contributed by atoms with Crippen LogP contribution < -0.4 is 4.90 Å². The number of ketones is 1. The van der Waals surface area contributed by atoms with Gasteiger partial charge in [-0.3, -0.25) is 19.4 Å². The molecule has 8 heteroatoms. The van der Waals surface area contributed by atoms with Crippen LogP contribution in [-0.4, -0.2) is 68.6 Å². The molecule has 1 aliphatic heterocycles. The molecule has 8 nitrogen and oxygen atoms in total. The normalized spacial score (nSPS) is 18.3. The van der Waals surface area contributed by atoms with Gasteiger partial charge in [0.1, 0.15) is 5.82 Å². The molecule has 1 aliphatic rings. The number of carbonyl (C=O) groups is 1. The first-order valence-electron chi connectivity index (χ1n) is 13.3. The first-order chi connectivity index (χ1) is 18.0. The van der Waals surface area contributed by atoms with Crippen molar-refractivity contribution >= 4 is 22.5 Å². The van der Waals surface area contributed by atoms with Gasteiger partial charge in [0.2, 0.25) is 0 Å². The molecule has 4 aromatic heterocycles. The molecule has 0 atom stereocenters. The summed E-state index contributed by atoms with van der Waals surface area (Å²) in [5.41, 5.74) is 3.04. The molecule has 4 aromatic rings. The molecule has 0 bridgehead atoms. The van der Waals surface area contributed by atoms with Crippen LogP contribution in [0.15, 0.2) is 55.2 Å². The minimum atomic E-state index is -2.36. The second-order valence-electron chi connectivity index (χ2n) is 7.74. The molecule has 0 radical (unpaired) electrons. The van der Waals surface area contributed by atoms with E-state index in [0.29, 0.717) is 59.9 Å².